The molecule has 0 radical (unpaired) electrons. The van der Waals surface area contributed by atoms with Crippen LogP contribution in [0.2, 0.25) is 0 Å². The van der Waals surface area contributed by atoms with Crippen LogP contribution in [-0.2, 0) is 4.84 Å². The highest BCUT2D eigenvalue weighted by Crippen LogP contribution is 2.31. The monoisotopic (exact) mass is 381 g/mol. The lowest BCUT2D eigenvalue weighted by Gasteiger charge is -2.13. The quantitative estimate of drug-likeness (QED) is 0.642. The normalized spacial score (nSPS) is 14.6. The Labute approximate surface area is 159 Å². The van der Waals surface area contributed by atoms with Gasteiger partial charge >= 0.3 is 0 Å². The molecular weight excluding hydrogens is 366 g/mol. The lowest BCUT2D eigenvalue weighted by atomic mass is 10.2. The molecule has 8 heteroatoms. The van der Waals surface area contributed by atoms with Crippen LogP contribution in [0, 0.1) is 11.3 Å². The van der Waals surface area contributed by atoms with Gasteiger partial charge in [0.2, 0.25) is 0 Å². The second kappa shape index (κ2) is 7.25. The van der Waals surface area contributed by atoms with Crippen molar-refractivity contribution in [3.63, 3.8) is 0 Å². The minimum atomic E-state index is 0.0639. The number of imidazole rings is 1. The van der Waals surface area contributed by atoms with Gasteiger partial charge in [-0.2, -0.15) is 5.26 Å². The molecule has 6 nitrogen and oxygen atoms in total. The van der Waals surface area contributed by atoms with E-state index in [9.17, 15) is 0 Å². The van der Waals surface area contributed by atoms with Gasteiger partial charge < -0.3 is 9.82 Å². The lowest BCUT2D eigenvalue weighted by molar-refractivity contribution is 0.127. The zero-order valence-corrected chi connectivity index (χ0v) is 15.5. The molecule has 3 heterocycles. The van der Waals surface area contributed by atoms with Gasteiger partial charge in [0, 0.05) is 0 Å². The average molecular weight is 381 g/mol. The molecule has 0 fully saturated rings. The highest BCUT2D eigenvalue weighted by atomic mass is 32.2. The number of thiophene rings is 1. The van der Waals surface area contributed by atoms with Crippen LogP contribution in [0.25, 0.3) is 10.6 Å². The summed E-state index contributed by atoms with van der Waals surface area (Å²) in [5.74, 6) is 0.784. The van der Waals surface area contributed by atoms with Crippen molar-refractivity contribution in [3.05, 3.63) is 65.5 Å². The summed E-state index contributed by atoms with van der Waals surface area (Å²) in [5, 5.41) is 13.7. The molecule has 130 valence electrons. The van der Waals surface area contributed by atoms with Crippen LogP contribution in [0.1, 0.15) is 12.5 Å². The number of aromatic nitrogens is 2. The summed E-state index contributed by atoms with van der Waals surface area (Å²) in [7, 11) is 0. The Morgan fingerprint density at radius 1 is 1.35 bits per heavy atom. The van der Waals surface area contributed by atoms with Crippen LogP contribution in [0.4, 0.5) is 5.69 Å². The number of aromatic amines is 1. The Balaban J connectivity index is 1.45. The van der Waals surface area contributed by atoms with E-state index in [0.717, 1.165) is 22.3 Å². The second-order valence-corrected chi connectivity index (χ2v) is 7.87. The van der Waals surface area contributed by atoms with Crippen molar-refractivity contribution in [2.45, 2.75) is 17.3 Å². The number of thioether (sulfide) groups is 1. The van der Waals surface area contributed by atoms with Crippen molar-refractivity contribution < 1.29 is 4.84 Å². The Hall–Kier alpha value is -2.73. The van der Waals surface area contributed by atoms with Crippen molar-refractivity contribution in [1.82, 2.24) is 15.6 Å². The van der Waals surface area contributed by atoms with E-state index in [0.29, 0.717) is 5.56 Å². The van der Waals surface area contributed by atoms with E-state index in [2.05, 4.69) is 34.6 Å². The molecule has 1 aliphatic heterocycles. The zero-order valence-electron chi connectivity index (χ0n) is 13.8. The molecule has 1 aromatic carbocycles. The first-order chi connectivity index (χ1) is 12.7. The van der Waals surface area contributed by atoms with Gasteiger partial charge in [-0.05, 0) is 36.6 Å². The van der Waals surface area contributed by atoms with Crippen LogP contribution in [0.3, 0.4) is 0 Å². The largest absolute Gasteiger partial charge is 0.390 e. The van der Waals surface area contributed by atoms with Gasteiger partial charge in [0.25, 0.3) is 0 Å². The SMILES string of the molecule is CC(Sc1ncc(-c2cccs2)[nH]1)C1=CN(c2cccc(C#N)c2)NO1. The first-order valence-corrected chi connectivity index (χ1v) is 9.68. The molecule has 1 unspecified atom stereocenters. The number of benzene rings is 1. The Morgan fingerprint density at radius 3 is 3.08 bits per heavy atom. The van der Waals surface area contributed by atoms with Gasteiger partial charge in [0.15, 0.2) is 10.9 Å². The molecule has 0 amide bonds. The second-order valence-electron chi connectivity index (χ2n) is 5.60. The Morgan fingerprint density at radius 2 is 2.27 bits per heavy atom. The smallest absolute Gasteiger partial charge is 0.166 e. The zero-order chi connectivity index (χ0) is 17.9. The number of anilines is 1. The maximum Gasteiger partial charge on any atom is 0.166 e. The van der Waals surface area contributed by atoms with E-state index in [-0.39, 0.29) is 5.25 Å². The molecule has 4 rings (SSSR count). The van der Waals surface area contributed by atoms with Gasteiger partial charge in [0.05, 0.1) is 45.5 Å². The summed E-state index contributed by atoms with van der Waals surface area (Å²) in [6.45, 7) is 2.06. The number of nitrogens with one attached hydrogen (secondary N) is 2. The van der Waals surface area contributed by atoms with Crippen molar-refractivity contribution >= 4 is 28.8 Å². The van der Waals surface area contributed by atoms with Crippen molar-refractivity contribution in [1.29, 1.82) is 5.26 Å². The van der Waals surface area contributed by atoms with E-state index in [1.807, 2.05) is 36.0 Å². The molecule has 2 aromatic heterocycles. The molecule has 3 aromatic rings. The van der Waals surface area contributed by atoms with E-state index in [1.165, 1.54) is 4.88 Å². The molecular formula is C18H15N5OS2. The maximum absolute atomic E-state index is 9.03. The van der Waals surface area contributed by atoms with Crippen LogP contribution in [-0.4, -0.2) is 15.2 Å². The molecule has 0 saturated carbocycles. The first kappa shape index (κ1) is 16.7. The summed E-state index contributed by atoms with van der Waals surface area (Å²) in [6, 6.07) is 13.5. The van der Waals surface area contributed by atoms with Crippen LogP contribution < -0.4 is 10.6 Å². The number of hydrogen-bond acceptors (Lipinski definition) is 7. The van der Waals surface area contributed by atoms with Crippen molar-refractivity contribution in [3.8, 4) is 16.6 Å². The summed E-state index contributed by atoms with van der Waals surface area (Å²) < 4.78 is 0. The van der Waals surface area contributed by atoms with Gasteiger partial charge in [-0.25, -0.2) is 9.99 Å². The molecule has 0 saturated heterocycles. The van der Waals surface area contributed by atoms with Gasteiger partial charge in [0.1, 0.15) is 0 Å². The Kier molecular flexibility index (Phi) is 4.67. The molecule has 0 bridgehead atoms. The fourth-order valence-electron chi connectivity index (χ4n) is 2.47. The third-order valence-electron chi connectivity index (χ3n) is 3.80. The van der Waals surface area contributed by atoms with Gasteiger partial charge in [-0.3, -0.25) is 0 Å². The van der Waals surface area contributed by atoms with Crippen LogP contribution in [0.15, 0.2) is 65.1 Å². The minimum Gasteiger partial charge on any atom is -0.390 e. The molecule has 0 spiro atoms. The molecule has 26 heavy (non-hydrogen) atoms. The first-order valence-electron chi connectivity index (χ1n) is 7.92. The van der Waals surface area contributed by atoms with Crippen LogP contribution in [0.5, 0.6) is 0 Å². The molecule has 0 aliphatic carbocycles. The molecule has 1 atom stereocenters. The predicted molar refractivity (Wildman–Crippen MR) is 103 cm³/mol. The third kappa shape index (κ3) is 3.46. The standard InChI is InChI=1S/C18H15N5OS2/c1-12(26-18-20-10-15(21-18)17-6-3-7-25-17)16-11-23(22-24-16)14-5-2-4-13(8-14)9-19/h2-8,10-12,22H,1H3,(H,20,21). The summed E-state index contributed by atoms with van der Waals surface area (Å²) in [5.41, 5.74) is 5.32. The minimum absolute atomic E-state index is 0.0639. The predicted octanol–water partition coefficient (Wildman–Crippen LogP) is 4.29. The number of hydrogen-bond donors (Lipinski definition) is 2. The topological polar surface area (TPSA) is 77.0 Å². The third-order valence-corrected chi connectivity index (χ3v) is 5.72. The van der Waals surface area contributed by atoms with Crippen molar-refractivity contribution in [2.75, 3.05) is 5.01 Å². The average Bonchev–Trinajstić information content (AvgIpc) is 3.41. The number of nitrogens with zero attached hydrogens (tertiary/aromatic N) is 3. The Bertz CT molecular complexity index is 974. The number of hydrazine groups is 1. The van der Waals surface area contributed by atoms with Gasteiger partial charge in [-0.1, -0.05) is 29.5 Å². The maximum atomic E-state index is 9.03. The van der Waals surface area contributed by atoms with E-state index in [4.69, 9.17) is 10.1 Å². The highest BCUT2D eigenvalue weighted by Gasteiger charge is 2.22. The number of H-pyrrole nitrogens is 1. The fourth-order valence-corrected chi connectivity index (χ4v) is 4.00. The lowest BCUT2D eigenvalue weighted by Crippen LogP contribution is -2.27. The summed E-state index contributed by atoms with van der Waals surface area (Å²) >= 11 is 3.27. The number of rotatable bonds is 5. The van der Waals surface area contributed by atoms with E-state index >= 15 is 0 Å². The molecule has 2 N–H and O–H groups in total. The summed E-state index contributed by atoms with van der Waals surface area (Å²) in [4.78, 5) is 14.5. The van der Waals surface area contributed by atoms with Crippen molar-refractivity contribution in [2.24, 2.45) is 0 Å². The highest BCUT2D eigenvalue weighted by molar-refractivity contribution is 7.99. The molecule has 1 aliphatic rings. The van der Waals surface area contributed by atoms with Crippen LogP contribution >= 0.6 is 23.1 Å². The summed E-state index contributed by atoms with van der Waals surface area (Å²) in [6.07, 6.45) is 3.74. The van der Waals surface area contributed by atoms with Gasteiger partial charge in [-0.15, -0.1) is 11.3 Å². The van der Waals surface area contributed by atoms with E-state index < -0.39 is 0 Å². The fraction of sp³-hybridized carbons (Fsp3) is 0.111. The number of nitriles is 1. The van der Waals surface area contributed by atoms with E-state index in [1.54, 1.807) is 40.2 Å².